The Morgan fingerprint density at radius 2 is 1.79 bits per heavy atom. The predicted molar refractivity (Wildman–Crippen MR) is 58.1 cm³/mol. The molecule has 0 aliphatic carbocycles. The molecule has 0 aliphatic heterocycles. The van der Waals surface area contributed by atoms with Crippen molar-refractivity contribution in [2.24, 2.45) is 14.1 Å². The molecule has 14 heavy (non-hydrogen) atoms. The van der Waals surface area contributed by atoms with Crippen molar-refractivity contribution in [1.29, 1.82) is 0 Å². The second-order valence-corrected chi connectivity index (χ2v) is 3.49. The van der Waals surface area contributed by atoms with Crippen molar-refractivity contribution in [2.75, 3.05) is 0 Å². The molecular formula is C11H17N3. The van der Waals surface area contributed by atoms with Gasteiger partial charge in [0.25, 0.3) is 0 Å². The van der Waals surface area contributed by atoms with Gasteiger partial charge < -0.3 is 4.57 Å². The topological polar surface area (TPSA) is 22.8 Å². The Morgan fingerprint density at radius 1 is 1.07 bits per heavy atom. The van der Waals surface area contributed by atoms with Gasteiger partial charge in [0.1, 0.15) is 0 Å². The molecule has 0 saturated heterocycles. The van der Waals surface area contributed by atoms with E-state index in [9.17, 15) is 0 Å². The third-order valence-electron chi connectivity index (χ3n) is 1.83. The molecule has 2 aromatic heterocycles. The monoisotopic (exact) mass is 191 g/mol. The molecule has 0 bridgehead atoms. The maximum absolute atomic E-state index is 4.03. The van der Waals surface area contributed by atoms with Gasteiger partial charge in [0, 0.05) is 32.7 Å². The van der Waals surface area contributed by atoms with Crippen LogP contribution in [0.5, 0.6) is 0 Å². The number of hydrogen-bond acceptors (Lipinski definition) is 1. The zero-order valence-electron chi connectivity index (χ0n) is 9.23. The van der Waals surface area contributed by atoms with Crippen LogP contribution in [-0.2, 0) is 14.1 Å². The van der Waals surface area contributed by atoms with E-state index in [4.69, 9.17) is 0 Å². The fourth-order valence-corrected chi connectivity index (χ4v) is 1.17. The van der Waals surface area contributed by atoms with Crippen molar-refractivity contribution in [3.05, 3.63) is 42.0 Å². The number of rotatable bonds is 0. The van der Waals surface area contributed by atoms with Crippen molar-refractivity contribution in [3.8, 4) is 0 Å². The standard InChI is InChI=1S/C6H9N.C5H8N2/c1-6-3-4-7(2)5-6;1-5-3-4-7(2)6-5/h3-5H,1-2H3;3-4H,1-2H3. The van der Waals surface area contributed by atoms with Crippen molar-refractivity contribution >= 4 is 0 Å². The molecule has 0 aliphatic rings. The molecule has 0 amide bonds. The lowest BCUT2D eigenvalue weighted by atomic mass is 10.4. The minimum absolute atomic E-state index is 1.07. The Morgan fingerprint density at radius 3 is 1.93 bits per heavy atom. The fourth-order valence-electron chi connectivity index (χ4n) is 1.17. The van der Waals surface area contributed by atoms with Crippen molar-refractivity contribution in [3.63, 3.8) is 0 Å². The van der Waals surface area contributed by atoms with Crippen molar-refractivity contribution < 1.29 is 0 Å². The summed E-state index contributed by atoms with van der Waals surface area (Å²) in [7, 11) is 3.93. The smallest absolute Gasteiger partial charge is 0.0593 e. The Kier molecular flexibility index (Phi) is 3.51. The minimum atomic E-state index is 1.07. The predicted octanol–water partition coefficient (Wildman–Crippen LogP) is 2.06. The van der Waals surface area contributed by atoms with Crippen molar-refractivity contribution in [1.82, 2.24) is 14.3 Å². The van der Waals surface area contributed by atoms with Gasteiger partial charge in [0.05, 0.1) is 5.69 Å². The maximum atomic E-state index is 4.03. The summed E-state index contributed by atoms with van der Waals surface area (Å²) in [5, 5.41) is 4.03. The Bertz CT molecular complexity index is 313. The summed E-state index contributed by atoms with van der Waals surface area (Å²) in [6.07, 6.45) is 6.05. The van der Waals surface area contributed by atoms with Gasteiger partial charge in [-0.15, -0.1) is 0 Å². The molecule has 2 heterocycles. The Hall–Kier alpha value is -1.51. The second-order valence-electron chi connectivity index (χ2n) is 3.49. The molecule has 2 aromatic rings. The lowest BCUT2D eigenvalue weighted by molar-refractivity contribution is 0.756. The van der Waals surface area contributed by atoms with Crippen LogP contribution in [0.2, 0.25) is 0 Å². The van der Waals surface area contributed by atoms with Gasteiger partial charge in [0.15, 0.2) is 0 Å². The molecule has 0 spiro atoms. The number of aryl methyl sites for hydroxylation is 4. The van der Waals surface area contributed by atoms with Gasteiger partial charge in [-0.3, -0.25) is 4.68 Å². The van der Waals surface area contributed by atoms with Crippen LogP contribution >= 0.6 is 0 Å². The summed E-state index contributed by atoms with van der Waals surface area (Å²) < 4.78 is 3.82. The molecule has 0 radical (unpaired) electrons. The van der Waals surface area contributed by atoms with Crippen LogP contribution in [-0.4, -0.2) is 14.3 Å². The van der Waals surface area contributed by atoms with E-state index < -0.39 is 0 Å². The van der Waals surface area contributed by atoms with E-state index in [0.29, 0.717) is 0 Å². The van der Waals surface area contributed by atoms with Gasteiger partial charge >= 0.3 is 0 Å². The molecule has 0 fully saturated rings. The highest BCUT2D eigenvalue weighted by Gasteiger charge is 1.82. The van der Waals surface area contributed by atoms with Gasteiger partial charge in [-0.2, -0.15) is 5.10 Å². The third-order valence-corrected chi connectivity index (χ3v) is 1.83. The number of hydrogen-bond donors (Lipinski definition) is 0. The second kappa shape index (κ2) is 4.65. The lowest BCUT2D eigenvalue weighted by Gasteiger charge is -1.80. The first-order valence-corrected chi connectivity index (χ1v) is 4.63. The van der Waals surface area contributed by atoms with Crippen LogP contribution in [0.15, 0.2) is 30.7 Å². The van der Waals surface area contributed by atoms with Crippen LogP contribution in [0.25, 0.3) is 0 Å². The van der Waals surface area contributed by atoms with E-state index in [1.807, 2.05) is 44.0 Å². The summed E-state index contributed by atoms with van der Waals surface area (Å²) in [6.45, 7) is 4.06. The first-order valence-electron chi connectivity index (χ1n) is 4.63. The molecule has 0 saturated carbocycles. The Labute approximate surface area is 85.0 Å². The number of aromatic nitrogens is 3. The summed E-state index contributed by atoms with van der Waals surface area (Å²) >= 11 is 0. The average Bonchev–Trinajstić information content (AvgIpc) is 2.63. The highest BCUT2D eigenvalue weighted by Crippen LogP contribution is 1.93. The van der Waals surface area contributed by atoms with Crippen LogP contribution in [0.1, 0.15) is 11.3 Å². The van der Waals surface area contributed by atoms with E-state index in [1.165, 1.54) is 5.56 Å². The number of nitrogens with zero attached hydrogens (tertiary/aromatic N) is 3. The first kappa shape index (κ1) is 10.6. The van der Waals surface area contributed by atoms with Crippen molar-refractivity contribution in [2.45, 2.75) is 13.8 Å². The molecule has 3 heteroatoms. The van der Waals surface area contributed by atoms with E-state index in [2.05, 4.69) is 24.3 Å². The molecule has 76 valence electrons. The third kappa shape index (κ3) is 3.47. The average molecular weight is 191 g/mol. The van der Waals surface area contributed by atoms with Crippen LogP contribution < -0.4 is 0 Å². The van der Waals surface area contributed by atoms with Crippen LogP contribution in [0.4, 0.5) is 0 Å². The first-order chi connectivity index (χ1) is 6.58. The summed E-state index contributed by atoms with van der Waals surface area (Å²) in [6, 6.07) is 4.06. The molecular weight excluding hydrogens is 174 g/mol. The quantitative estimate of drug-likeness (QED) is 0.625. The highest BCUT2D eigenvalue weighted by atomic mass is 15.2. The molecule has 0 aromatic carbocycles. The molecule has 0 N–H and O–H groups in total. The summed E-state index contributed by atoms with van der Waals surface area (Å²) in [5.74, 6) is 0. The highest BCUT2D eigenvalue weighted by molar-refractivity contribution is 5.06. The molecule has 3 nitrogen and oxygen atoms in total. The van der Waals surface area contributed by atoms with Crippen LogP contribution in [0.3, 0.4) is 0 Å². The van der Waals surface area contributed by atoms with E-state index in [1.54, 1.807) is 4.68 Å². The van der Waals surface area contributed by atoms with E-state index in [-0.39, 0.29) is 0 Å². The fraction of sp³-hybridized carbons (Fsp3) is 0.364. The largest absolute Gasteiger partial charge is 0.357 e. The summed E-state index contributed by atoms with van der Waals surface area (Å²) in [4.78, 5) is 0. The van der Waals surface area contributed by atoms with E-state index in [0.717, 1.165) is 5.69 Å². The summed E-state index contributed by atoms with van der Waals surface area (Å²) in [5.41, 5.74) is 2.39. The Balaban J connectivity index is 0.000000140. The zero-order chi connectivity index (χ0) is 10.6. The lowest BCUT2D eigenvalue weighted by Crippen LogP contribution is -1.86. The van der Waals surface area contributed by atoms with Gasteiger partial charge in [-0.1, -0.05) is 0 Å². The normalized spacial score (nSPS) is 9.43. The van der Waals surface area contributed by atoms with Crippen LogP contribution in [0, 0.1) is 13.8 Å². The van der Waals surface area contributed by atoms with Gasteiger partial charge in [-0.05, 0) is 31.5 Å². The minimum Gasteiger partial charge on any atom is -0.357 e. The zero-order valence-corrected chi connectivity index (χ0v) is 9.23. The maximum Gasteiger partial charge on any atom is 0.0593 e. The molecule has 0 atom stereocenters. The SMILES string of the molecule is Cc1ccn(C)c1.Cc1ccn(C)n1. The van der Waals surface area contributed by atoms with Gasteiger partial charge in [0.2, 0.25) is 0 Å². The molecule has 0 unspecified atom stereocenters. The van der Waals surface area contributed by atoms with Gasteiger partial charge in [-0.25, -0.2) is 0 Å². The van der Waals surface area contributed by atoms with E-state index >= 15 is 0 Å². The molecule has 2 rings (SSSR count).